The van der Waals surface area contributed by atoms with Crippen LogP contribution in [0.3, 0.4) is 0 Å². The zero-order chi connectivity index (χ0) is 19.2. The summed E-state index contributed by atoms with van der Waals surface area (Å²) in [6, 6.07) is 4.87. The Morgan fingerprint density at radius 3 is 2.33 bits per heavy atom. The molecule has 4 atom stereocenters. The fourth-order valence-electron chi connectivity index (χ4n) is 5.83. The predicted molar refractivity (Wildman–Crippen MR) is 96.9 cm³/mol. The van der Waals surface area contributed by atoms with E-state index in [2.05, 4.69) is 0 Å². The number of Topliss-reactive ketones (excluding diaryl/α,β-unsaturated/α-hetero) is 1. The monoisotopic (exact) mass is 374 g/mol. The average Bonchev–Trinajstić information content (AvgIpc) is 2.63. The number of ether oxygens (including phenoxy) is 3. The standard InChI is InChI=1S/C21H26O6/c1-25-17-4-3-15(6-18(17)26-2)16(22)11-27-19(23)20-7-13-5-14(8-20)10-21(24,9-13)12-20/h3-4,6,13-14,24H,5,7-12H2,1-2H3/t13-,14+,20?,21?. The number of hydrogen-bond acceptors (Lipinski definition) is 6. The Labute approximate surface area is 158 Å². The van der Waals surface area contributed by atoms with Gasteiger partial charge in [-0.3, -0.25) is 9.59 Å². The highest BCUT2D eigenvalue weighted by atomic mass is 16.5. The third-order valence-corrected chi connectivity index (χ3v) is 6.50. The molecule has 0 radical (unpaired) electrons. The van der Waals surface area contributed by atoms with E-state index >= 15 is 0 Å². The van der Waals surface area contributed by atoms with Crippen molar-refractivity contribution >= 4 is 11.8 Å². The van der Waals surface area contributed by atoms with Crippen molar-refractivity contribution in [3.8, 4) is 11.5 Å². The van der Waals surface area contributed by atoms with Gasteiger partial charge in [-0.05, 0) is 68.6 Å². The summed E-state index contributed by atoms with van der Waals surface area (Å²) in [4.78, 5) is 25.4. The molecule has 0 aliphatic heterocycles. The first-order chi connectivity index (χ1) is 12.9. The van der Waals surface area contributed by atoms with Crippen molar-refractivity contribution in [2.75, 3.05) is 20.8 Å². The second-order valence-electron chi connectivity index (χ2n) is 8.53. The first-order valence-corrected chi connectivity index (χ1v) is 9.51. The lowest BCUT2D eigenvalue weighted by molar-refractivity contribution is -0.195. The maximum absolute atomic E-state index is 12.9. The van der Waals surface area contributed by atoms with Crippen molar-refractivity contribution in [1.29, 1.82) is 0 Å². The number of hydrogen-bond donors (Lipinski definition) is 1. The van der Waals surface area contributed by atoms with Crippen LogP contribution in [0.2, 0.25) is 0 Å². The highest BCUT2D eigenvalue weighted by molar-refractivity contribution is 5.98. The highest BCUT2D eigenvalue weighted by Gasteiger charge is 2.60. The number of esters is 1. The summed E-state index contributed by atoms with van der Waals surface area (Å²) in [6.45, 7) is -0.302. The Kier molecular flexibility index (Phi) is 4.41. The number of rotatable bonds is 6. The van der Waals surface area contributed by atoms with Crippen molar-refractivity contribution in [3.05, 3.63) is 23.8 Å². The molecule has 5 rings (SSSR count). The Hall–Kier alpha value is -2.08. The smallest absolute Gasteiger partial charge is 0.312 e. The molecule has 1 aromatic rings. The zero-order valence-electron chi connectivity index (χ0n) is 15.8. The Balaban J connectivity index is 1.43. The van der Waals surface area contributed by atoms with Gasteiger partial charge in [0.2, 0.25) is 0 Å². The van der Waals surface area contributed by atoms with Crippen molar-refractivity contribution in [2.45, 2.75) is 44.1 Å². The number of carbonyl (C=O) groups excluding carboxylic acids is 2. The highest BCUT2D eigenvalue weighted by Crippen LogP contribution is 2.61. The zero-order valence-corrected chi connectivity index (χ0v) is 15.8. The van der Waals surface area contributed by atoms with Crippen LogP contribution >= 0.6 is 0 Å². The van der Waals surface area contributed by atoms with E-state index in [0.717, 1.165) is 32.1 Å². The minimum Gasteiger partial charge on any atom is -0.493 e. The minimum atomic E-state index is -0.726. The first-order valence-electron chi connectivity index (χ1n) is 9.51. The first kappa shape index (κ1) is 18.3. The molecular weight excluding hydrogens is 348 g/mol. The summed E-state index contributed by atoms with van der Waals surface area (Å²) < 4.78 is 15.8. The number of carbonyl (C=O) groups is 2. The van der Waals surface area contributed by atoms with Crippen LogP contribution in [-0.2, 0) is 9.53 Å². The molecule has 4 aliphatic rings. The maximum atomic E-state index is 12.9. The maximum Gasteiger partial charge on any atom is 0.312 e. The van der Waals surface area contributed by atoms with Gasteiger partial charge in [0.1, 0.15) is 0 Å². The molecule has 0 spiro atoms. The van der Waals surface area contributed by atoms with E-state index in [0.29, 0.717) is 35.3 Å². The van der Waals surface area contributed by atoms with Crippen LogP contribution in [0.1, 0.15) is 48.9 Å². The normalized spacial score (nSPS) is 33.6. The van der Waals surface area contributed by atoms with Gasteiger partial charge in [0.05, 0.1) is 25.2 Å². The molecule has 0 aromatic heterocycles. The van der Waals surface area contributed by atoms with Gasteiger partial charge < -0.3 is 19.3 Å². The van der Waals surface area contributed by atoms with Crippen molar-refractivity contribution in [1.82, 2.24) is 0 Å². The van der Waals surface area contributed by atoms with E-state index in [1.54, 1.807) is 18.2 Å². The molecule has 2 unspecified atom stereocenters. The lowest BCUT2D eigenvalue weighted by Gasteiger charge is -2.58. The molecular formula is C21H26O6. The number of ketones is 1. The molecule has 4 fully saturated rings. The van der Waals surface area contributed by atoms with Gasteiger partial charge in [-0.2, -0.15) is 0 Å². The number of aliphatic hydroxyl groups is 1. The van der Waals surface area contributed by atoms with Crippen molar-refractivity contribution in [2.24, 2.45) is 17.3 Å². The summed E-state index contributed by atoms with van der Waals surface area (Å²) >= 11 is 0. The van der Waals surface area contributed by atoms with E-state index in [-0.39, 0.29) is 18.4 Å². The average molecular weight is 374 g/mol. The number of methoxy groups -OCH3 is 2. The molecule has 0 heterocycles. The number of benzene rings is 1. The molecule has 0 amide bonds. The van der Waals surface area contributed by atoms with Crippen molar-refractivity contribution in [3.63, 3.8) is 0 Å². The predicted octanol–water partition coefficient (Wildman–Crippen LogP) is 2.76. The van der Waals surface area contributed by atoms with Gasteiger partial charge in [0.25, 0.3) is 0 Å². The third-order valence-electron chi connectivity index (χ3n) is 6.50. The fourth-order valence-corrected chi connectivity index (χ4v) is 5.83. The quantitative estimate of drug-likeness (QED) is 0.609. The molecule has 6 nitrogen and oxygen atoms in total. The SMILES string of the molecule is COc1ccc(C(=O)COC(=O)C23C[C@@H]4C[C@@H](CC(O)(C4)C2)C3)cc1OC. The van der Waals surface area contributed by atoms with Gasteiger partial charge in [-0.1, -0.05) is 0 Å². The molecule has 146 valence electrons. The summed E-state index contributed by atoms with van der Waals surface area (Å²) in [5, 5.41) is 10.8. The Morgan fingerprint density at radius 2 is 1.74 bits per heavy atom. The van der Waals surface area contributed by atoms with Crippen molar-refractivity contribution < 1.29 is 28.9 Å². The summed E-state index contributed by atoms with van der Waals surface area (Å²) in [6.07, 6.45) is 4.70. The molecule has 4 saturated carbocycles. The van der Waals surface area contributed by atoms with Gasteiger partial charge >= 0.3 is 5.97 Å². The van der Waals surface area contributed by atoms with E-state index in [9.17, 15) is 14.7 Å². The van der Waals surface area contributed by atoms with Crippen LogP contribution in [0.25, 0.3) is 0 Å². The molecule has 4 bridgehead atoms. The summed E-state index contributed by atoms with van der Waals surface area (Å²) in [5.41, 5.74) is -0.933. The van der Waals surface area contributed by atoms with Gasteiger partial charge in [0, 0.05) is 5.56 Å². The van der Waals surface area contributed by atoms with Gasteiger partial charge in [-0.15, -0.1) is 0 Å². The van der Waals surface area contributed by atoms with E-state index in [1.165, 1.54) is 14.2 Å². The van der Waals surface area contributed by atoms with Crippen LogP contribution in [0.5, 0.6) is 11.5 Å². The van der Waals surface area contributed by atoms with E-state index in [4.69, 9.17) is 14.2 Å². The van der Waals surface area contributed by atoms with Crippen LogP contribution in [0, 0.1) is 17.3 Å². The largest absolute Gasteiger partial charge is 0.493 e. The van der Waals surface area contributed by atoms with Crippen LogP contribution in [0.4, 0.5) is 0 Å². The molecule has 1 aromatic carbocycles. The second kappa shape index (κ2) is 6.51. The lowest BCUT2D eigenvalue weighted by atomic mass is 9.48. The summed E-state index contributed by atoms with van der Waals surface area (Å²) in [7, 11) is 3.03. The minimum absolute atomic E-state index is 0.284. The third kappa shape index (κ3) is 3.20. The molecule has 6 heteroatoms. The van der Waals surface area contributed by atoms with Crippen LogP contribution in [-0.4, -0.2) is 43.3 Å². The van der Waals surface area contributed by atoms with Crippen LogP contribution < -0.4 is 9.47 Å². The topological polar surface area (TPSA) is 82.1 Å². The molecule has 0 saturated heterocycles. The molecule has 4 aliphatic carbocycles. The van der Waals surface area contributed by atoms with E-state index < -0.39 is 11.0 Å². The Morgan fingerprint density at radius 1 is 1.07 bits per heavy atom. The second-order valence-corrected chi connectivity index (χ2v) is 8.53. The Bertz CT molecular complexity index is 756. The summed E-state index contributed by atoms with van der Waals surface area (Å²) in [5.74, 6) is 1.16. The van der Waals surface area contributed by atoms with Crippen LogP contribution in [0.15, 0.2) is 18.2 Å². The van der Waals surface area contributed by atoms with Gasteiger partial charge in [0.15, 0.2) is 23.9 Å². The van der Waals surface area contributed by atoms with Gasteiger partial charge in [-0.25, -0.2) is 0 Å². The van der Waals surface area contributed by atoms with E-state index in [1.807, 2.05) is 0 Å². The fraction of sp³-hybridized carbons (Fsp3) is 0.619. The molecule has 27 heavy (non-hydrogen) atoms. The molecule has 1 N–H and O–H groups in total. The lowest BCUT2D eigenvalue weighted by Crippen LogP contribution is -2.58.